The van der Waals surface area contributed by atoms with E-state index < -0.39 is 0 Å². The smallest absolute Gasteiger partial charge is 0.249 e. The van der Waals surface area contributed by atoms with E-state index in [0.29, 0.717) is 18.3 Å². The molecule has 0 amide bonds. The van der Waals surface area contributed by atoms with Crippen LogP contribution in [0, 0.1) is 13.8 Å². The largest absolute Gasteiger partial charge is 0.365 e. The second-order valence-electron chi connectivity index (χ2n) is 5.50. The first-order chi connectivity index (χ1) is 11.2. The molecule has 0 radical (unpaired) electrons. The van der Waals surface area contributed by atoms with Gasteiger partial charge in [-0.25, -0.2) is 0 Å². The minimum absolute atomic E-state index is 0.476. The summed E-state index contributed by atoms with van der Waals surface area (Å²) in [5, 5.41) is 14.4. The normalized spacial score (nSPS) is 10.3. The van der Waals surface area contributed by atoms with Crippen LogP contribution >= 0.6 is 0 Å². The minimum atomic E-state index is 0.476. The number of aromatic nitrogens is 3. The number of hydrogen-bond acceptors (Lipinski definition) is 5. The van der Waals surface area contributed by atoms with Crippen molar-refractivity contribution in [1.82, 2.24) is 15.2 Å². The van der Waals surface area contributed by atoms with Crippen LogP contribution in [0.4, 0.5) is 17.5 Å². The monoisotopic (exact) mass is 305 g/mol. The van der Waals surface area contributed by atoms with E-state index in [-0.39, 0.29) is 0 Å². The van der Waals surface area contributed by atoms with Gasteiger partial charge in [0.2, 0.25) is 5.95 Å². The van der Waals surface area contributed by atoms with Crippen molar-refractivity contribution in [2.75, 3.05) is 10.6 Å². The summed E-state index contributed by atoms with van der Waals surface area (Å²) in [6.45, 7) is 4.82. The van der Waals surface area contributed by atoms with E-state index in [4.69, 9.17) is 0 Å². The molecule has 0 fully saturated rings. The van der Waals surface area contributed by atoms with E-state index in [0.717, 1.165) is 5.69 Å². The summed E-state index contributed by atoms with van der Waals surface area (Å²) >= 11 is 0. The maximum Gasteiger partial charge on any atom is 0.249 e. The highest BCUT2D eigenvalue weighted by atomic mass is 15.3. The van der Waals surface area contributed by atoms with Gasteiger partial charge in [-0.2, -0.15) is 10.1 Å². The van der Waals surface area contributed by atoms with Crippen LogP contribution in [-0.4, -0.2) is 15.2 Å². The van der Waals surface area contributed by atoms with Gasteiger partial charge in [0.1, 0.15) is 0 Å². The first-order valence-electron chi connectivity index (χ1n) is 7.52. The van der Waals surface area contributed by atoms with Gasteiger partial charge in [0.05, 0.1) is 6.20 Å². The van der Waals surface area contributed by atoms with Crippen LogP contribution in [0.3, 0.4) is 0 Å². The van der Waals surface area contributed by atoms with Crippen molar-refractivity contribution in [3.63, 3.8) is 0 Å². The highest BCUT2D eigenvalue weighted by Crippen LogP contribution is 2.15. The Balaban J connectivity index is 1.66. The fourth-order valence-electron chi connectivity index (χ4n) is 2.19. The Bertz CT molecular complexity index is 783. The maximum absolute atomic E-state index is 4.43. The molecule has 116 valence electrons. The lowest BCUT2D eigenvalue weighted by Crippen LogP contribution is -2.05. The lowest BCUT2D eigenvalue weighted by molar-refractivity contribution is 0.965. The number of anilines is 3. The van der Waals surface area contributed by atoms with Gasteiger partial charge in [0, 0.05) is 12.2 Å². The molecule has 0 aliphatic rings. The van der Waals surface area contributed by atoms with Crippen LogP contribution in [0.5, 0.6) is 0 Å². The standard InChI is InChI=1S/C18H19N5/c1-13-6-8-15(9-7-13)11-19-17-12-20-23-18(22-17)21-16-5-3-4-14(2)10-16/h3-10,12H,11H2,1-2H3,(H2,19,21,22,23). The highest BCUT2D eigenvalue weighted by Gasteiger charge is 2.02. The second kappa shape index (κ2) is 6.87. The van der Waals surface area contributed by atoms with E-state index in [2.05, 4.69) is 57.0 Å². The van der Waals surface area contributed by atoms with Crippen LogP contribution in [0.15, 0.2) is 54.7 Å². The van der Waals surface area contributed by atoms with Crippen LogP contribution in [0.2, 0.25) is 0 Å². The molecule has 0 aliphatic carbocycles. The SMILES string of the molecule is Cc1ccc(CNc2cnnc(Nc3cccc(C)c3)n2)cc1. The van der Waals surface area contributed by atoms with Crippen molar-refractivity contribution in [2.45, 2.75) is 20.4 Å². The molecule has 2 aromatic carbocycles. The highest BCUT2D eigenvalue weighted by molar-refractivity contribution is 5.55. The van der Waals surface area contributed by atoms with Gasteiger partial charge in [0.25, 0.3) is 0 Å². The van der Waals surface area contributed by atoms with Gasteiger partial charge in [-0.1, -0.05) is 42.0 Å². The quantitative estimate of drug-likeness (QED) is 0.750. The molecule has 0 saturated heterocycles. The topological polar surface area (TPSA) is 62.7 Å². The Morgan fingerprint density at radius 1 is 0.957 bits per heavy atom. The zero-order valence-electron chi connectivity index (χ0n) is 13.2. The summed E-state index contributed by atoms with van der Waals surface area (Å²) in [6, 6.07) is 16.4. The van der Waals surface area contributed by atoms with Crippen molar-refractivity contribution < 1.29 is 0 Å². The lowest BCUT2D eigenvalue weighted by atomic mass is 10.1. The third kappa shape index (κ3) is 4.26. The van der Waals surface area contributed by atoms with E-state index in [1.165, 1.54) is 16.7 Å². The number of rotatable bonds is 5. The molecule has 3 aromatic rings. The summed E-state index contributed by atoms with van der Waals surface area (Å²) in [5.41, 5.74) is 4.57. The minimum Gasteiger partial charge on any atom is -0.365 e. The molecule has 0 saturated carbocycles. The van der Waals surface area contributed by atoms with Crippen LogP contribution in [-0.2, 0) is 6.54 Å². The molecule has 0 spiro atoms. The molecule has 1 heterocycles. The van der Waals surface area contributed by atoms with E-state index in [1.54, 1.807) is 6.20 Å². The lowest BCUT2D eigenvalue weighted by Gasteiger charge is -2.08. The summed E-state index contributed by atoms with van der Waals surface area (Å²) in [6.07, 6.45) is 1.62. The number of hydrogen-bond donors (Lipinski definition) is 2. The fourth-order valence-corrected chi connectivity index (χ4v) is 2.19. The van der Waals surface area contributed by atoms with Crippen molar-refractivity contribution in [3.8, 4) is 0 Å². The molecule has 5 nitrogen and oxygen atoms in total. The Hall–Kier alpha value is -2.95. The Morgan fingerprint density at radius 3 is 2.57 bits per heavy atom. The summed E-state index contributed by atoms with van der Waals surface area (Å²) < 4.78 is 0. The Morgan fingerprint density at radius 2 is 1.78 bits per heavy atom. The van der Waals surface area contributed by atoms with Gasteiger partial charge in [0.15, 0.2) is 5.82 Å². The molecular weight excluding hydrogens is 286 g/mol. The number of nitrogens with zero attached hydrogens (tertiary/aromatic N) is 3. The average molecular weight is 305 g/mol. The number of aryl methyl sites for hydroxylation is 2. The van der Waals surface area contributed by atoms with Gasteiger partial charge in [-0.15, -0.1) is 5.10 Å². The van der Waals surface area contributed by atoms with Crippen molar-refractivity contribution in [2.24, 2.45) is 0 Å². The Kier molecular flexibility index (Phi) is 4.47. The first kappa shape index (κ1) is 15.0. The van der Waals surface area contributed by atoms with Gasteiger partial charge < -0.3 is 10.6 Å². The van der Waals surface area contributed by atoms with Crippen LogP contribution in [0.25, 0.3) is 0 Å². The molecular formula is C18H19N5. The molecule has 3 rings (SSSR count). The van der Waals surface area contributed by atoms with E-state index in [1.807, 2.05) is 31.2 Å². The molecule has 0 bridgehead atoms. The zero-order chi connectivity index (χ0) is 16.1. The van der Waals surface area contributed by atoms with E-state index in [9.17, 15) is 0 Å². The third-order valence-corrected chi connectivity index (χ3v) is 3.43. The molecule has 2 N–H and O–H groups in total. The number of benzene rings is 2. The summed E-state index contributed by atoms with van der Waals surface area (Å²) in [5.74, 6) is 1.17. The molecule has 1 aromatic heterocycles. The predicted molar refractivity (Wildman–Crippen MR) is 92.8 cm³/mol. The molecule has 5 heteroatoms. The van der Waals surface area contributed by atoms with Gasteiger partial charge in [-0.05, 0) is 37.1 Å². The fraction of sp³-hybridized carbons (Fsp3) is 0.167. The summed E-state index contributed by atoms with van der Waals surface area (Å²) in [7, 11) is 0. The molecule has 0 aliphatic heterocycles. The maximum atomic E-state index is 4.43. The van der Waals surface area contributed by atoms with Gasteiger partial charge >= 0.3 is 0 Å². The number of nitrogens with one attached hydrogen (secondary N) is 2. The predicted octanol–water partition coefficient (Wildman–Crippen LogP) is 3.84. The Labute approximate surface area is 135 Å². The molecule has 23 heavy (non-hydrogen) atoms. The van der Waals surface area contributed by atoms with Crippen LogP contribution in [0.1, 0.15) is 16.7 Å². The molecule has 0 atom stereocenters. The third-order valence-electron chi connectivity index (χ3n) is 3.43. The van der Waals surface area contributed by atoms with Crippen molar-refractivity contribution >= 4 is 17.5 Å². The van der Waals surface area contributed by atoms with Gasteiger partial charge in [-0.3, -0.25) is 0 Å². The summed E-state index contributed by atoms with van der Waals surface area (Å²) in [4.78, 5) is 4.43. The average Bonchev–Trinajstić information content (AvgIpc) is 2.55. The van der Waals surface area contributed by atoms with Crippen molar-refractivity contribution in [3.05, 3.63) is 71.4 Å². The molecule has 0 unspecified atom stereocenters. The van der Waals surface area contributed by atoms with E-state index >= 15 is 0 Å². The second-order valence-corrected chi connectivity index (χ2v) is 5.50. The zero-order valence-corrected chi connectivity index (χ0v) is 13.2. The van der Waals surface area contributed by atoms with Crippen LogP contribution < -0.4 is 10.6 Å². The first-order valence-corrected chi connectivity index (χ1v) is 7.52. The van der Waals surface area contributed by atoms with Crippen molar-refractivity contribution in [1.29, 1.82) is 0 Å².